The quantitative estimate of drug-likeness (QED) is 0.838. The molecule has 0 spiro atoms. The maximum absolute atomic E-state index is 11.6. The van der Waals surface area contributed by atoms with Gasteiger partial charge in [0.15, 0.2) is 5.82 Å². The van der Waals surface area contributed by atoms with Gasteiger partial charge in [0.25, 0.3) is 0 Å². The summed E-state index contributed by atoms with van der Waals surface area (Å²) < 4.78 is 5.24. The first-order chi connectivity index (χ1) is 8.83. The van der Waals surface area contributed by atoms with Crippen molar-refractivity contribution in [1.82, 2.24) is 10.1 Å². The standard InChI is InChI=1S/C13H18N2O2S/c16-11-7-3-6-10(11)13-14-12(15-17-13)8-18-9-4-1-2-5-9/h9-10H,1-8H2. The third-order valence-corrected chi connectivity index (χ3v) is 5.20. The van der Waals surface area contributed by atoms with Crippen molar-refractivity contribution in [3.05, 3.63) is 11.7 Å². The number of aromatic nitrogens is 2. The van der Waals surface area contributed by atoms with Crippen LogP contribution in [0.2, 0.25) is 0 Å². The molecule has 0 bridgehead atoms. The van der Waals surface area contributed by atoms with Gasteiger partial charge < -0.3 is 4.52 Å². The largest absolute Gasteiger partial charge is 0.339 e. The van der Waals surface area contributed by atoms with Crippen LogP contribution < -0.4 is 0 Å². The number of hydrogen-bond donors (Lipinski definition) is 0. The highest BCUT2D eigenvalue weighted by atomic mass is 32.2. The van der Waals surface area contributed by atoms with Crippen LogP contribution in [0.3, 0.4) is 0 Å². The van der Waals surface area contributed by atoms with E-state index in [-0.39, 0.29) is 11.7 Å². The summed E-state index contributed by atoms with van der Waals surface area (Å²) >= 11 is 1.92. The minimum atomic E-state index is -0.122. The number of rotatable bonds is 4. The van der Waals surface area contributed by atoms with Gasteiger partial charge in [0.1, 0.15) is 5.78 Å². The van der Waals surface area contributed by atoms with Crippen molar-refractivity contribution in [1.29, 1.82) is 0 Å². The Bertz CT molecular complexity index is 426. The molecule has 0 amide bonds. The summed E-state index contributed by atoms with van der Waals surface area (Å²) in [5, 5.41) is 4.76. The van der Waals surface area contributed by atoms with Crippen LogP contribution in [-0.2, 0) is 10.5 Å². The molecule has 1 atom stereocenters. The normalized spacial score (nSPS) is 25.1. The predicted octanol–water partition coefficient (Wildman–Crippen LogP) is 3.08. The van der Waals surface area contributed by atoms with Crippen LogP contribution in [0.25, 0.3) is 0 Å². The Morgan fingerprint density at radius 1 is 1.22 bits per heavy atom. The van der Waals surface area contributed by atoms with E-state index in [1.165, 1.54) is 25.7 Å². The highest BCUT2D eigenvalue weighted by Crippen LogP contribution is 2.33. The van der Waals surface area contributed by atoms with E-state index in [0.717, 1.165) is 29.7 Å². The van der Waals surface area contributed by atoms with Gasteiger partial charge in [-0.3, -0.25) is 4.79 Å². The second-order valence-corrected chi connectivity index (χ2v) is 6.47. The number of Topliss-reactive ketones (excluding diaryl/α,β-unsaturated/α-hetero) is 1. The van der Waals surface area contributed by atoms with Crippen molar-refractivity contribution in [2.24, 2.45) is 0 Å². The first-order valence-electron chi connectivity index (χ1n) is 6.80. The SMILES string of the molecule is O=C1CCCC1c1nc(CSC2CCCC2)no1. The fraction of sp³-hybridized carbons (Fsp3) is 0.769. The highest BCUT2D eigenvalue weighted by molar-refractivity contribution is 7.99. The van der Waals surface area contributed by atoms with E-state index in [1.54, 1.807) is 0 Å². The molecule has 2 saturated carbocycles. The van der Waals surface area contributed by atoms with Crippen molar-refractivity contribution in [2.45, 2.75) is 61.9 Å². The van der Waals surface area contributed by atoms with Gasteiger partial charge in [-0.05, 0) is 25.7 Å². The molecular weight excluding hydrogens is 248 g/mol. The molecule has 1 unspecified atom stereocenters. The van der Waals surface area contributed by atoms with E-state index in [4.69, 9.17) is 4.52 Å². The molecule has 1 aromatic heterocycles. The van der Waals surface area contributed by atoms with Crippen molar-refractivity contribution >= 4 is 17.5 Å². The van der Waals surface area contributed by atoms with E-state index < -0.39 is 0 Å². The number of nitrogens with zero attached hydrogens (tertiary/aromatic N) is 2. The Kier molecular flexibility index (Phi) is 3.68. The van der Waals surface area contributed by atoms with Crippen LogP contribution in [0.1, 0.15) is 62.6 Å². The fourth-order valence-corrected chi connectivity index (χ4v) is 3.96. The molecule has 0 saturated heterocycles. The van der Waals surface area contributed by atoms with Crippen molar-refractivity contribution < 1.29 is 9.32 Å². The lowest BCUT2D eigenvalue weighted by Crippen LogP contribution is -2.04. The van der Waals surface area contributed by atoms with Crippen LogP contribution in [0, 0.1) is 0 Å². The zero-order valence-corrected chi connectivity index (χ0v) is 11.2. The zero-order chi connectivity index (χ0) is 12.4. The lowest BCUT2D eigenvalue weighted by atomic mass is 10.1. The highest BCUT2D eigenvalue weighted by Gasteiger charge is 2.31. The molecule has 0 radical (unpaired) electrons. The topological polar surface area (TPSA) is 56.0 Å². The summed E-state index contributed by atoms with van der Waals surface area (Å²) in [5.41, 5.74) is 0. The van der Waals surface area contributed by atoms with Crippen LogP contribution in [-0.4, -0.2) is 21.2 Å². The first kappa shape index (κ1) is 12.2. The first-order valence-corrected chi connectivity index (χ1v) is 7.84. The second-order valence-electron chi connectivity index (χ2n) is 5.18. The van der Waals surface area contributed by atoms with Crippen LogP contribution in [0.15, 0.2) is 4.52 Å². The van der Waals surface area contributed by atoms with E-state index in [1.807, 2.05) is 11.8 Å². The Morgan fingerprint density at radius 2 is 2.06 bits per heavy atom. The molecular formula is C13H18N2O2S. The van der Waals surface area contributed by atoms with Gasteiger partial charge in [-0.1, -0.05) is 18.0 Å². The van der Waals surface area contributed by atoms with E-state index in [2.05, 4.69) is 10.1 Å². The van der Waals surface area contributed by atoms with Crippen molar-refractivity contribution in [3.63, 3.8) is 0 Å². The average molecular weight is 266 g/mol. The monoisotopic (exact) mass is 266 g/mol. The fourth-order valence-electron chi connectivity index (χ4n) is 2.79. The molecule has 18 heavy (non-hydrogen) atoms. The zero-order valence-electron chi connectivity index (χ0n) is 10.4. The number of carbonyl (C=O) groups excluding carboxylic acids is 1. The van der Waals surface area contributed by atoms with Gasteiger partial charge in [-0.25, -0.2) is 0 Å². The van der Waals surface area contributed by atoms with Crippen molar-refractivity contribution in [2.75, 3.05) is 0 Å². The molecule has 0 aliphatic heterocycles. The Labute approximate surface area is 111 Å². The maximum Gasteiger partial charge on any atom is 0.237 e. The summed E-state index contributed by atoms with van der Waals surface area (Å²) in [6, 6.07) is 0. The molecule has 4 nitrogen and oxygen atoms in total. The van der Waals surface area contributed by atoms with E-state index in [9.17, 15) is 4.79 Å². The number of ketones is 1. The van der Waals surface area contributed by atoms with Gasteiger partial charge in [0.05, 0.1) is 11.7 Å². The lowest BCUT2D eigenvalue weighted by molar-refractivity contribution is -0.119. The van der Waals surface area contributed by atoms with Gasteiger partial charge in [-0.2, -0.15) is 16.7 Å². The average Bonchev–Trinajstić information content (AvgIpc) is 3.07. The molecule has 98 valence electrons. The van der Waals surface area contributed by atoms with E-state index in [0.29, 0.717) is 12.3 Å². The molecule has 3 rings (SSSR count). The van der Waals surface area contributed by atoms with Gasteiger partial charge in [-0.15, -0.1) is 0 Å². The number of carbonyl (C=O) groups is 1. The van der Waals surface area contributed by atoms with Gasteiger partial charge >= 0.3 is 0 Å². The molecule has 5 heteroatoms. The maximum atomic E-state index is 11.6. The summed E-state index contributed by atoms with van der Waals surface area (Å²) in [6.07, 6.45) is 7.83. The summed E-state index contributed by atoms with van der Waals surface area (Å²) in [5.74, 6) is 2.24. The molecule has 0 aromatic carbocycles. The Morgan fingerprint density at radius 3 is 2.78 bits per heavy atom. The van der Waals surface area contributed by atoms with Crippen LogP contribution in [0.4, 0.5) is 0 Å². The Hall–Kier alpha value is -0.840. The third-order valence-electron chi connectivity index (χ3n) is 3.84. The number of hydrogen-bond acceptors (Lipinski definition) is 5. The molecule has 2 aliphatic carbocycles. The molecule has 2 fully saturated rings. The molecule has 1 heterocycles. The van der Waals surface area contributed by atoms with Gasteiger partial charge in [0.2, 0.25) is 5.89 Å². The third kappa shape index (κ3) is 2.60. The number of thioether (sulfide) groups is 1. The van der Waals surface area contributed by atoms with Crippen molar-refractivity contribution in [3.8, 4) is 0 Å². The second kappa shape index (κ2) is 5.43. The van der Waals surface area contributed by atoms with Gasteiger partial charge in [0, 0.05) is 11.7 Å². The molecule has 0 N–H and O–H groups in total. The minimum absolute atomic E-state index is 0.122. The Balaban J connectivity index is 1.57. The van der Waals surface area contributed by atoms with Crippen LogP contribution >= 0.6 is 11.8 Å². The molecule has 1 aromatic rings. The van der Waals surface area contributed by atoms with Crippen LogP contribution in [0.5, 0.6) is 0 Å². The van der Waals surface area contributed by atoms with E-state index >= 15 is 0 Å². The summed E-state index contributed by atoms with van der Waals surface area (Å²) in [4.78, 5) is 16.0. The smallest absolute Gasteiger partial charge is 0.237 e. The minimum Gasteiger partial charge on any atom is -0.339 e. The summed E-state index contributed by atoms with van der Waals surface area (Å²) in [6.45, 7) is 0. The molecule has 2 aliphatic rings. The summed E-state index contributed by atoms with van der Waals surface area (Å²) in [7, 11) is 0. The predicted molar refractivity (Wildman–Crippen MR) is 69.4 cm³/mol. The lowest BCUT2D eigenvalue weighted by Gasteiger charge is -2.05.